The fourth-order valence-corrected chi connectivity index (χ4v) is 3.27. The highest BCUT2D eigenvalue weighted by molar-refractivity contribution is 7.89. The predicted octanol–water partition coefficient (Wildman–Crippen LogP) is 3.53. The second-order valence-electron chi connectivity index (χ2n) is 6.63. The monoisotopic (exact) mass is 364 g/mol. The van der Waals surface area contributed by atoms with Crippen molar-refractivity contribution in [3.8, 4) is 5.75 Å². The van der Waals surface area contributed by atoms with E-state index in [0.29, 0.717) is 16.8 Å². The molecule has 0 fully saturated rings. The van der Waals surface area contributed by atoms with Crippen molar-refractivity contribution >= 4 is 21.9 Å². The van der Waals surface area contributed by atoms with Crippen LogP contribution in [0.15, 0.2) is 46.3 Å². The summed E-state index contributed by atoms with van der Waals surface area (Å²) in [4.78, 5) is 4.38. The third kappa shape index (κ3) is 4.64. The molecule has 2 aromatic rings. The van der Waals surface area contributed by atoms with Crippen LogP contribution >= 0.6 is 0 Å². The van der Waals surface area contributed by atoms with Crippen LogP contribution in [0.2, 0.25) is 0 Å². The van der Waals surface area contributed by atoms with Crippen LogP contribution < -0.4 is 9.88 Å². The average Bonchev–Trinajstić information content (AvgIpc) is 2.51. The molecule has 0 spiro atoms. The molecule has 134 valence electrons. The minimum absolute atomic E-state index is 0.0782. The van der Waals surface area contributed by atoms with Gasteiger partial charge in [-0.2, -0.15) is 0 Å². The van der Waals surface area contributed by atoms with E-state index < -0.39 is 21.3 Å². The van der Waals surface area contributed by atoms with Crippen molar-refractivity contribution in [1.29, 1.82) is 0 Å². The average molecular weight is 364 g/mol. The highest BCUT2D eigenvalue weighted by Crippen LogP contribution is 2.31. The van der Waals surface area contributed by atoms with E-state index in [2.05, 4.69) is 4.99 Å². The molecular weight excluding hydrogens is 343 g/mol. The van der Waals surface area contributed by atoms with Gasteiger partial charge in [-0.25, -0.2) is 17.9 Å². The lowest BCUT2D eigenvalue weighted by Gasteiger charge is -2.22. The number of aliphatic imine (C=N–C) groups is 1. The summed E-state index contributed by atoms with van der Waals surface area (Å²) in [6, 6.07) is 9.18. The SMILES string of the molecule is COc1ccc(C=Nc2ccc(S(N)(=O)=O)c(C(C)(C)C)c2)cc1F. The minimum atomic E-state index is -3.83. The first-order valence-corrected chi connectivity index (χ1v) is 9.12. The Bertz CT molecular complexity index is 916. The number of rotatable bonds is 4. The summed E-state index contributed by atoms with van der Waals surface area (Å²) in [6.45, 7) is 5.68. The summed E-state index contributed by atoms with van der Waals surface area (Å²) >= 11 is 0. The van der Waals surface area contributed by atoms with E-state index in [-0.39, 0.29) is 10.6 Å². The highest BCUT2D eigenvalue weighted by Gasteiger charge is 2.23. The number of benzene rings is 2. The van der Waals surface area contributed by atoms with Crippen LogP contribution in [-0.4, -0.2) is 21.7 Å². The van der Waals surface area contributed by atoms with Crippen LogP contribution in [0.4, 0.5) is 10.1 Å². The summed E-state index contributed by atoms with van der Waals surface area (Å²) < 4.78 is 42.1. The van der Waals surface area contributed by atoms with Crippen LogP contribution in [0, 0.1) is 5.82 Å². The second-order valence-corrected chi connectivity index (χ2v) is 8.16. The van der Waals surface area contributed by atoms with Gasteiger partial charge in [-0.1, -0.05) is 20.8 Å². The highest BCUT2D eigenvalue weighted by atomic mass is 32.2. The number of sulfonamides is 1. The first-order valence-electron chi connectivity index (χ1n) is 7.57. The van der Waals surface area contributed by atoms with Crippen LogP contribution in [0.25, 0.3) is 0 Å². The molecule has 0 bridgehead atoms. The van der Waals surface area contributed by atoms with E-state index in [1.807, 2.05) is 20.8 Å². The van der Waals surface area contributed by atoms with Gasteiger partial charge in [-0.15, -0.1) is 0 Å². The Morgan fingerprint density at radius 3 is 2.36 bits per heavy atom. The number of halogens is 1. The number of methoxy groups -OCH3 is 1. The van der Waals surface area contributed by atoms with Crippen molar-refractivity contribution in [1.82, 2.24) is 0 Å². The Kier molecular flexibility index (Phi) is 5.29. The van der Waals surface area contributed by atoms with Crippen LogP contribution in [0.5, 0.6) is 5.75 Å². The topological polar surface area (TPSA) is 81.8 Å². The minimum Gasteiger partial charge on any atom is -0.494 e. The normalized spacial score (nSPS) is 12.6. The van der Waals surface area contributed by atoms with Crippen molar-refractivity contribution in [2.75, 3.05) is 7.11 Å². The quantitative estimate of drug-likeness (QED) is 0.843. The molecule has 25 heavy (non-hydrogen) atoms. The van der Waals surface area contributed by atoms with Crippen molar-refractivity contribution in [3.63, 3.8) is 0 Å². The van der Waals surface area contributed by atoms with Crippen LogP contribution in [0.1, 0.15) is 31.9 Å². The largest absolute Gasteiger partial charge is 0.494 e. The predicted molar refractivity (Wildman–Crippen MR) is 96.7 cm³/mol. The molecule has 0 aliphatic rings. The number of primary sulfonamides is 1. The van der Waals surface area contributed by atoms with Gasteiger partial charge in [0.2, 0.25) is 10.0 Å². The summed E-state index contributed by atoms with van der Waals surface area (Å²) in [5.74, 6) is -0.323. The van der Waals surface area contributed by atoms with Gasteiger partial charge in [0.25, 0.3) is 0 Å². The lowest BCUT2D eigenvalue weighted by molar-refractivity contribution is 0.386. The van der Waals surface area contributed by atoms with Crippen molar-refractivity contribution < 1.29 is 17.5 Å². The van der Waals surface area contributed by atoms with E-state index in [9.17, 15) is 12.8 Å². The first-order chi connectivity index (χ1) is 11.5. The number of hydrogen-bond donors (Lipinski definition) is 1. The molecule has 0 amide bonds. The zero-order chi connectivity index (χ0) is 18.8. The molecule has 0 radical (unpaired) electrons. The van der Waals surface area contributed by atoms with Crippen LogP contribution in [0.3, 0.4) is 0 Å². The van der Waals surface area contributed by atoms with Gasteiger partial charge in [0.05, 0.1) is 17.7 Å². The van der Waals surface area contributed by atoms with Crippen molar-refractivity contribution in [2.45, 2.75) is 31.1 Å². The first kappa shape index (κ1) is 19.1. The fraction of sp³-hybridized carbons (Fsp3) is 0.278. The molecule has 0 aromatic heterocycles. The Morgan fingerprint density at radius 1 is 1.16 bits per heavy atom. The van der Waals surface area contributed by atoms with E-state index in [1.165, 1.54) is 31.5 Å². The Balaban J connectivity index is 2.42. The standard InChI is InChI=1S/C18H21FN2O3S/c1-18(2,3)14-10-13(6-8-17(14)25(20,22)23)21-11-12-5-7-16(24-4)15(19)9-12/h5-11H,1-4H3,(H2,20,22,23). The van der Waals surface area contributed by atoms with Gasteiger partial charge in [0.1, 0.15) is 0 Å². The Hall–Kier alpha value is -2.25. The van der Waals surface area contributed by atoms with Gasteiger partial charge in [0, 0.05) is 6.21 Å². The van der Waals surface area contributed by atoms with Crippen molar-refractivity contribution in [2.24, 2.45) is 10.1 Å². The van der Waals surface area contributed by atoms with Gasteiger partial charge in [0.15, 0.2) is 11.6 Å². The summed E-state index contributed by atoms with van der Waals surface area (Å²) in [5.41, 5.74) is 1.25. The van der Waals surface area contributed by atoms with E-state index in [1.54, 1.807) is 18.2 Å². The number of nitrogens with two attached hydrogens (primary N) is 1. The van der Waals surface area contributed by atoms with Gasteiger partial charge < -0.3 is 4.74 Å². The molecule has 0 aliphatic heterocycles. The zero-order valence-electron chi connectivity index (χ0n) is 14.6. The maximum atomic E-state index is 13.7. The summed E-state index contributed by atoms with van der Waals surface area (Å²) in [7, 11) is -2.43. The number of hydrogen-bond acceptors (Lipinski definition) is 4. The van der Waals surface area contributed by atoms with Gasteiger partial charge in [-0.05, 0) is 52.9 Å². The lowest BCUT2D eigenvalue weighted by atomic mass is 9.87. The Labute approximate surface area is 147 Å². The fourth-order valence-electron chi connectivity index (χ4n) is 2.34. The molecule has 0 saturated heterocycles. The maximum absolute atomic E-state index is 13.7. The van der Waals surface area contributed by atoms with E-state index >= 15 is 0 Å². The molecular formula is C18H21FN2O3S. The molecule has 2 N–H and O–H groups in total. The zero-order valence-corrected chi connectivity index (χ0v) is 15.4. The van der Waals surface area contributed by atoms with Crippen molar-refractivity contribution in [3.05, 3.63) is 53.3 Å². The third-order valence-electron chi connectivity index (χ3n) is 3.62. The van der Waals surface area contributed by atoms with Crippen LogP contribution in [-0.2, 0) is 15.4 Å². The number of ether oxygens (including phenoxy) is 1. The molecule has 0 aliphatic carbocycles. The third-order valence-corrected chi connectivity index (χ3v) is 4.59. The van der Waals surface area contributed by atoms with E-state index in [0.717, 1.165) is 0 Å². The maximum Gasteiger partial charge on any atom is 0.238 e. The molecule has 0 heterocycles. The Morgan fingerprint density at radius 2 is 1.84 bits per heavy atom. The number of nitrogens with zero attached hydrogens (tertiary/aromatic N) is 1. The molecule has 2 aromatic carbocycles. The molecule has 2 rings (SSSR count). The molecule has 0 atom stereocenters. The molecule has 0 unspecified atom stereocenters. The van der Waals surface area contributed by atoms with Gasteiger partial charge in [-0.3, -0.25) is 4.99 Å². The smallest absolute Gasteiger partial charge is 0.238 e. The molecule has 7 heteroatoms. The van der Waals surface area contributed by atoms with E-state index in [4.69, 9.17) is 9.88 Å². The summed E-state index contributed by atoms with van der Waals surface area (Å²) in [6.07, 6.45) is 1.50. The van der Waals surface area contributed by atoms with Gasteiger partial charge >= 0.3 is 0 Å². The summed E-state index contributed by atoms with van der Waals surface area (Å²) in [5, 5.41) is 5.29. The molecule has 0 saturated carbocycles. The lowest BCUT2D eigenvalue weighted by Crippen LogP contribution is -2.21. The second kappa shape index (κ2) is 6.93. The molecule has 5 nitrogen and oxygen atoms in total.